The Morgan fingerprint density at radius 3 is 2.80 bits per heavy atom. The first-order chi connectivity index (χ1) is 7.31. The van der Waals surface area contributed by atoms with Crippen LogP contribution in [-0.2, 0) is 4.74 Å². The van der Waals surface area contributed by atoms with E-state index in [1.54, 1.807) is 0 Å². The number of hydrogen-bond acceptors (Lipinski definition) is 1. The summed E-state index contributed by atoms with van der Waals surface area (Å²) in [5, 5.41) is 0.764. The van der Waals surface area contributed by atoms with Gasteiger partial charge in [0.15, 0.2) is 0 Å². The topological polar surface area (TPSA) is 9.23 Å². The molecule has 1 fully saturated rings. The van der Waals surface area contributed by atoms with Crippen molar-refractivity contribution in [1.82, 2.24) is 0 Å². The van der Waals surface area contributed by atoms with Gasteiger partial charge in [-0.25, -0.2) is 0 Å². The Hall–Kier alpha value is -1.05. The normalized spacial score (nSPS) is 19.7. The molecular weight excluding hydrogens is 208 g/mol. The summed E-state index contributed by atoms with van der Waals surface area (Å²) in [4.78, 5) is 0. The fourth-order valence-corrected chi connectivity index (χ4v) is 1.75. The first-order valence-electron chi connectivity index (χ1n) is 4.83. The van der Waals surface area contributed by atoms with E-state index in [0.717, 1.165) is 22.1 Å². The Morgan fingerprint density at radius 2 is 2.07 bits per heavy atom. The van der Waals surface area contributed by atoms with Crippen LogP contribution in [0.4, 0.5) is 0 Å². The molecule has 1 aromatic rings. The second-order valence-corrected chi connectivity index (χ2v) is 3.82. The average molecular weight is 220 g/mol. The summed E-state index contributed by atoms with van der Waals surface area (Å²) in [5.41, 5.74) is 2.19. The zero-order valence-electron chi connectivity index (χ0n) is 8.37. The third-order valence-electron chi connectivity index (χ3n) is 2.41. The van der Waals surface area contributed by atoms with E-state index in [2.05, 4.69) is 12.7 Å². The molecule has 0 bridgehead atoms. The van der Waals surface area contributed by atoms with Crippen molar-refractivity contribution in [2.75, 3.05) is 13.2 Å². The van der Waals surface area contributed by atoms with Crippen LogP contribution in [0.1, 0.15) is 5.56 Å². The van der Waals surface area contributed by atoms with Gasteiger partial charge in [0.1, 0.15) is 0 Å². The van der Waals surface area contributed by atoms with Gasteiger partial charge in [0.05, 0.1) is 13.2 Å². The lowest BCUT2D eigenvalue weighted by atomic mass is 10.0. The molecular formula is C13H12ClO. The summed E-state index contributed by atoms with van der Waals surface area (Å²) in [6.45, 7) is 5.06. The van der Waals surface area contributed by atoms with Crippen LogP contribution in [0.25, 0.3) is 6.08 Å². The first-order valence-corrected chi connectivity index (χ1v) is 5.20. The highest BCUT2D eigenvalue weighted by Gasteiger charge is 2.19. The van der Waals surface area contributed by atoms with Gasteiger partial charge in [0.2, 0.25) is 0 Å². The van der Waals surface area contributed by atoms with Crippen LogP contribution in [-0.4, -0.2) is 13.2 Å². The Bertz CT molecular complexity index is 395. The van der Waals surface area contributed by atoms with Gasteiger partial charge in [0, 0.05) is 10.9 Å². The summed E-state index contributed by atoms with van der Waals surface area (Å²) >= 11 is 6.07. The third-order valence-corrected chi connectivity index (χ3v) is 2.75. The second-order valence-electron chi connectivity index (χ2n) is 3.41. The quantitative estimate of drug-likeness (QED) is 0.740. The molecule has 0 amide bonds. The Kier molecular flexibility index (Phi) is 3.24. The molecule has 0 aliphatic carbocycles. The maximum Gasteiger partial charge on any atom is 0.0690 e. The molecule has 1 radical (unpaired) electrons. The standard InChI is InChI=1S/C13H12ClO/c1-2-10-8-15-9-12(10)7-11-5-3-4-6-13(11)14/h2-7H,1,8-9H2/b12-7+. The molecule has 1 saturated heterocycles. The highest BCUT2D eigenvalue weighted by atomic mass is 35.5. The number of rotatable bonds is 2. The van der Waals surface area contributed by atoms with Crippen molar-refractivity contribution < 1.29 is 4.74 Å². The van der Waals surface area contributed by atoms with Crippen LogP contribution in [0.5, 0.6) is 0 Å². The van der Waals surface area contributed by atoms with E-state index in [0.29, 0.717) is 13.2 Å². The number of ether oxygens (including phenoxy) is 1. The smallest absolute Gasteiger partial charge is 0.0690 e. The second kappa shape index (κ2) is 4.65. The lowest BCUT2D eigenvalue weighted by Crippen LogP contribution is -1.93. The van der Waals surface area contributed by atoms with Gasteiger partial charge < -0.3 is 4.74 Å². The van der Waals surface area contributed by atoms with Gasteiger partial charge in [0.25, 0.3) is 0 Å². The maximum atomic E-state index is 6.07. The van der Waals surface area contributed by atoms with E-state index in [4.69, 9.17) is 16.3 Å². The van der Waals surface area contributed by atoms with Crippen molar-refractivity contribution in [3.05, 3.63) is 59.0 Å². The summed E-state index contributed by atoms with van der Waals surface area (Å²) in [6, 6.07) is 7.78. The zero-order chi connectivity index (χ0) is 10.7. The van der Waals surface area contributed by atoms with Crippen molar-refractivity contribution in [3.63, 3.8) is 0 Å². The van der Waals surface area contributed by atoms with E-state index < -0.39 is 0 Å². The molecule has 1 nitrogen and oxygen atoms in total. The molecule has 2 heteroatoms. The van der Waals surface area contributed by atoms with Gasteiger partial charge in [-0.3, -0.25) is 0 Å². The summed E-state index contributed by atoms with van der Waals surface area (Å²) in [7, 11) is 0. The largest absolute Gasteiger partial charge is 0.376 e. The molecule has 0 N–H and O–H groups in total. The van der Waals surface area contributed by atoms with E-state index in [1.165, 1.54) is 0 Å². The van der Waals surface area contributed by atoms with Gasteiger partial charge >= 0.3 is 0 Å². The molecule has 0 aromatic heterocycles. The molecule has 15 heavy (non-hydrogen) atoms. The third kappa shape index (κ3) is 2.31. The maximum absolute atomic E-state index is 6.07. The monoisotopic (exact) mass is 219 g/mol. The van der Waals surface area contributed by atoms with Crippen molar-refractivity contribution in [2.24, 2.45) is 0 Å². The van der Waals surface area contributed by atoms with Gasteiger partial charge in [-0.2, -0.15) is 0 Å². The zero-order valence-corrected chi connectivity index (χ0v) is 9.13. The van der Waals surface area contributed by atoms with E-state index in [-0.39, 0.29) is 0 Å². The lowest BCUT2D eigenvalue weighted by molar-refractivity contribution is 0.211. The van der Waals surface area contributed by atoms with E-state index in [9.17, 15) is 0 Å². The van der Waals surface area contributed by atoms with Crippen molar-refractivity contribution in [3.8, 4) is 0 Å². The van der Waals surface area contributed by atoms with Crippen molar-refractivity contribution >= 4 is 17.7 Å². The molecule has 0 unspecified atom stereocenters. The molecule has 0 atom stereocenters. The molecule has 77 valence electrons. The molecule has 1 aromatic carbocycles. The van der Waals surface area contributed by atoms with Gasteiger partial charge in [-0.15, -0.1) is 6.58 Å². The van der Waals surface area contributed by atoms with Gasteiger partial charge in [-0.05, 0) is 17.2 Å². The summed E-state index contributed by atoms with van der Waals surface area (Å²) in [5.74, 6) is 1.15. The molecule has 0 spiro atoms. The van der Waals surface area contributed by atoms with Crippen LogP contribution in [0.15, 0.2) is 42.5 Å². The van der Waals surface area contributed by atoms with E-state index in [1.807, 2.05) is 30.3 Å². The lowest BCUT2D eigenvalue weighted by Gasteiger charge is -2.03. The highest BCUT2D eigenvalue weighted by molar-refractivity contribution is 6.32. The summed E-state index contributed by atoms with van der Waals surface area (Å²) in [6.07, 6.45) is 3.90. The van der Waals surface area contributed by atoms with Crippen molar-refractivity contribution in [2.45, 2.75) is 0 Å². The number of hydrogen-bond donors (Lipinski definition) is 0. The number of halogens is 1. The van der Waals surface area contributed by atoms with Crippen LogP contribution < -0.4 is 0 Å². The Morgan fingerprint density at radius 1 is 1.27 bits per heavy atom. The van der Waals surface area contributed by atoms with Crippen LogP contribution in [0, 0.1) is 5.92 Å². The minimum absolute atomic E-state index is 0.645. The highest BCUT2D eigenvalue weighted by Crippen LogP contribution is 2.27. The minimum Gasteiger partial charge on any atom is -0.376 e. The predicted molar refractivity (Wildman–Crippen MR) is 63.7 cm³/mol. The summed E-state index contributed by atoms with van der Waals surface area (Å²) < 4.78 is 5.35. The molecule has 2 rings (SSSR count). The minimum atomic E-state index is 0.645. The Balaban J connectivity index is 2.30. The Labute approximate surface area is 95.0 Å². The number of benzene rings is 1. The fourth-order valence-electron chi connectivity index (χ4n) is 1.56. The van der Waals surface area contributed by atoms with Crippen LogP contribution >= 0.6 is 11.6 Å². The van der Waals surface area contributed by atoms with Gasteiger partial charge in [-0.1, -0.05) is 42.0 Å². The fraction of sp³-hybridized carbons (Fsp3) is 0.154. The molecule has 1 aliphatic heterocycles. The van der Waals surface area contributed by atoms with Crippen LogP contribution in [0.3, 0.4) is 0 Å². The molecule has 0 saturated carbocycles. The van der Waals surface area contributed by atoms with Crippen LogP contribution in [0.2, 0.25) is 5.02 Å². The first kappa shape index (κ1) is 10.5. The molecule has 1 heterocycles. The average Bonchev–Trinajstić information content (AvgIpc) is 2.69. The predicted octanol–water partition coefficient (Wildman–Crippen LogP) is 3.51. The SMILES string of the molecule is C=C[C]1COC/C1=C\c1ccccc1Cl. The van der Waals surface area contributed by atoms with E-state index >= 15 is 0 Å². The van der Waals surface area contributed by atoms with Crippen molar-refractivity contribution in [1.29, 1.82) is 0 Å². The molecule has 1 aliphatic rings.